The fraction of sp³-hybridized carbons (Fsp3) is 0.150. The van der Waals surface area contributed by atoms with Gasteiger partial charge in [0, 0.05) is 10.9 Å². The van der Waals surface area contributed by atoms with Crippen LogP contribution in [0.1, 0.15) is 17.3 Å². The average Bonchev–Trinajstić information content (AvgIpc) is 3.16. The standard InChI is InChI=1S/C20H19N3O3S/c1-2-26-17-11-7-6-10-15(17)19(25)21-12-18(24)23-20-22-16(13-27-20)14-8-4-3-5-9-14/h3-11,13H,2,12H2,1H3,(H,21,25)(H,22,23,24). The molecule has 0 radical (unpaired) electrons. The first-order valence-electron chi connectivity index (χ1n) is 8.48. The minimum Gasteiger partial charge on any atom is -0.493 e. The van der Waals surface area contributed by atoms with E-state index in [1.165, 1.54) is 11.3 Å². The number of ether oxygens (including phenoxy) is 1. The van der Waals surface area contributed by atoms with Crippen LogP contribution in [-0.4, -0.2) is 29.9 Å². The van der Waals surface area contributed by atoms with Crippen molar-refractivity contribution >= 4 is 28.3 Å². The molecule has 27 heavy (non-hydrogen) atoms. The predicted molar refractivity (Wildman–Crippen MR) is 106 cm³/mol. The highest BCUT2D eigenvalue weighted by Gasteiger charge is 2.14. The predicted octanol–water partition coefficient (Wildman–Crippen LogP) is 3.58. The first-order chi connectivity index (χ1) is 13.2. The van der Waals surface area contributed by atoms with E-state index in [1.807, 2.05) is 42.6 Å². The number of anilines is 1. The van der Waals surface area contributed by atoms with Gasteiger partial charge in [-0.15, -0.1) is 11.3 Å². The molecule has 0 aliphatic rings. The Morgan fingerprint density at radius 3 is 2.59 bits per heavy atom. The van der Waals surface area contributed by atoms with Gasteiger partial charge in [0.2, 0.25) is 5.91 Å². The third-order valence-corrected chi connectivity index (χ3v) is 4.42. The summed E-state index contributed by atoms with van der Waals surface area (Å²) in [5.74, 6) is -0.213. The smallest absolute Gasteiger partial charge is 0.255 e. The molecule has 0 saturated heterocycles. The van der Waals surface area contributed by atoms with Gasteiger partial charge in [-0.1, -0.05) is 42.5 Å². The van der Waals surface area contributed by atoms with Crippen LogP contribution in [0.25, 0.3) is 11.3 Å². The highest BCUT2D eigenvalue weighted by atomic mass is 32.1. The van der Waals surface area contributed by atoms with Crippen molar-refractivity contribution in [1.82, 2.24) is 10.3 Å². The van der Waals surface area contributed by atoms with E-state index in [-0.39, 0.29) is 18.4 Å². The van der Waals surface area contributed by atoms with E-state index in [1.54, 1.807) is 24.3 Å². The Balaban J connectivity index is 1.56. The van der Waals surface area contributed by atoms with Gasteiger partial charge in [0.25, 0.3) is 5.91 Å². The van der Waals surface area contributed by atoms with Crippen LogP contribution in [0.4, 0.5) is 5.13 Å². The maximum Gasteiger partial charge on any atom is 0.255 e. The van der Waals surface area contributed by atoms with Crippen molar-refractivity contribution in [2.45, 2.75) is 6.92 Å². The summed E-state index contributed by atoms with van der Waals surface area (Å²) < 4.78 is 5.44. The van der Waals surface area contributed by atoms with Crippen molar-refractivity contribution < 1.29 is 14.3 Å². The quantitative estimate of drug-likeness (QED) is 0.656. The molecule has 1 aromatic heterocycles. The summed E-state index contributed by atoms with van der Waals surface area (Å²) in [6.07, 6.45) is 0. The molecule has 2 amide bonds. The zero-order valence-electron chi connectivity index (χ0n) is 14.8. The fourth-order valence-corrected chi connectivity index (χ4v) is 3.16. The number of benzene rings is 2. The average molecular weight is 381 g/mol. The number of amides is 2. The van der Waals surface area contributed by atoms with Gasteiger partial charge >= 0.3 is 0 Å². The second kappa shape index (κ2) is 8.95. The van der Waals surface area contributed by atoms with E-state index in [0.29, 0.717) is 23.1 Å². The maximum atomic E-state index is 12.3. The summed E-state index contributed by atoms with van der Waals surface area (Å²) in [7, 11) is 0. The molecule has 0 fully saturated rings. The number of carbonyl (C=O) groups excluding carboxylic acids is 2. The molecule has 0 aliphatic heterocycles. The number of rotatable bonds is 7. The molecule has 0 saturated carbocycles. The molecule has 138 valence electrons. The number of hydrogen-bond acceptors (Lipinski definition) is 5. The van der Waals surface area contributed by atoms with E-state index in [2.05, 4.69) is 15.6 Å². The number of aromatic nitrogens is 1. The van der Waals surface area contributed by atoms with Crippen LogP contribution in [0.3, 0.4) is 0 Å². The minimum absolute atomic E-state index is 0.153. The zero-order valence-corrected chi connectivity index (χ0v) is 15.6. The molecule has 7 heteroatoms. The molecule has 3 aromatic rings. The van der Waals surface area contributed by atoms with Crippen molar-refractivity contribution in [3.8, 4) is 17.0 Å². The lowest BCUT2D eigenvalue weighted by atomic mass is 10.2. The van der Waals surface area contributed by atoms with Crippen molar-refractivity contribution in [2.75, 3.05) is 18.5 Å². The van der Waals surface area contributed by atoms with Crippen LogP contribution in [0.15, 0.2) is 60.0 Å². The van der Waals surface area contributed by atoms with Crippen LogP contribution in [0.5, 0.6) is 5.75 Å². The molecular formula is C20H19N3O3S. The maximum absolute atomic E-state index is 12.3. The zero-order chi connectivity index (χ0) is 19.1. The Kier molecular flexibility index (Phi) is 6.17. The van der Waals surface area contributed by atoms with Crippen molar-refractivity contribution in [3.05, 3.63) is 65.5 Å². The molecular weight excluding hydrogens is 362 g/mol. The Morgan fingerprint density at radius 1 is 1.07 bits per heavy atom. The summed E-state index contributed by atoms with van der Waals surface area (Å²) in [6.45, 7) is 2.15. The Bertz CT molecular complexity index is 925. The minimum atomic E-state index is -0.363. The molecule has 2 aromatic carbocycles. The second-order valence-corrected chi connectivity index (χ2v) is 6.42. The first kappa shape index (κ1) is 18.6. The second-order valence-electron chi connectivity index (χ2n) is 5.56. The van der Waals surface area contributed by atoms with E-state index in [9.17, 15) is 9.59 Å². The van der Waals surface area contributed by atoms with E-state index in [4.69, 9.17) is 4.74 Å². The molecule has 2 N–H and O–H groups in total. The van der Waals surface area contributed by atoms with Crippen LogP contribution in [0, 0.1) is 0 Å². The normalized spacial score (nSPS) is 10.3. The van der Waals surface area contributed by atoms with Gasteiger partial charge in [0.1, 0.15) is 5.75 Å². The van der Waals surface area contributed by atoms with Gasteiger partial charge in [-0.3, -0.25) is 9.59 Å². The lowest BCUT2D eigenvalue weighted by molar-refractivity contribution is -0.115. The molecule has 0 atom stereocenters. The molecule has 6 nitrogen and oxygen atoms in total. The van der Waals surface area contributed by atoms with Crippen molar-refractivity contribution in [1.29, 1.82) is 0 Å². The monoisotopic (exact) mass is 381 g/mol. The molecule has 0 unspecified atom stereocenters. The SMILES string of the molecule is CCOc1ccccc1C(=O)NCC(=O)Nc1nc(-c2ccccc2)cs1. The molecule has 0 aliphatic carbocycles. The summed E-state index contributed by atoms with van der Waals surface area (Å²) in [5.41, 5.74) is 2.17. The number of carbonyl (C=O) groups is 2. The summed E-state index contributed by atoms with van der Waals surface area (Å²) in [6, 6.07) is 16.6. The van der Waals surface area contributed by atoms with Crippen LogP contribution in [-0.2, 0) is 4.79 Å². The molecule has 0 bridgehead atoms. The van der Waals surface area contributed by atoms with Gasteiger partial charge in [-0.2, -0.15) is 0 Å². The van der Waals surface area contributed by atoms with Gasteiger partial charge < -0.3 is 15.4 Å². The number of nitrogens with one attached hydrogen (secondary N) is 2. The third kappa shape index (κ3) is 4.92. The molecule has 3 rings (SSSR count). The van der Waals surface area contributed by atoms with E-state index < -0.39 is 0 Å². The van der Waals surface area contributed by atoms with Crippen LogP contribution in [0.2, 0.25) is 0 Å². The first-order valence-corrected chi connectivity index (χ1v) is 9.36. The van der Waals surface area contributed by atoms with Crippen molar-refractivity contribution in [2.24, 2.45) is 0 Å². The van der Waals surface area contributed by atoms with Crippen LogP contribution < -0.4 is 15.4 Å². The van der Waals surface area contributed by atoms with Gasteiger partial charge in [-0.25, -0.2) is 4.98 Å². The summed E-state index contributed by atoms with van der Waals surface area (Å²) in [4.78, 5) is 28.8. The Hall–Kier alpha value is -3.19. The Labute approximate surface area is 161 Å². The highest BCUT2D eigenvalue weighted by molar-refractivity contribution is 7.14. The number of para-hydroxylation sites is 1. The summed E-state index contributed by atoms with van der Waals surface area (Å²) >= 11 is 1.34. The largest absolute Gasteiger partial charge is 0.493 e. The van der Waals surface area contributed by atoms with Gasteiger partial charge in [0.15, 0.2) is 5.13 Å². The van der Waals surface area contributed by atoms with E-state index in [0.717, 1.165) is 11.3 Å². The topological polar surface area (TPSA) is 80.3 Å². The Morgan fingerprint density at radius 2 is 1.81 bits per heavy atom. The van der Waals surface area contributed by atoms with Gasteiger partial charge in [0.05, 0.1) is 24.4 Å². The third-order valence-electron chi connectivity index (χ3n) is 3.66. The van der Waals surface area contributed by atoms with E-state index >= 15 is 0 Å². The molecule has 1 heterocycles. The van der Waals surface area contributed by atoms with Gasteiger partial charge in [-0.05, 0) is 19.1 Å². The lowest BCUT2D eigenvalue weighted by Crippen LogP contribution is -2.33. The number of thiazole rings is 1. The number of nitrogens with zero attached hydrogens (tertiary/aromatic N) is 1. The number of hydrogen-bond donors (Lipinski definition) is 2. The van der Waals surface area contributed by atoms with Crippen molar-refractivity contribution in [3.63, 3.8) is 0 Å². The summed E-state index contributed by atoms with van der Waals surface area (Å²) in [5, 5.41) is 7.67. The highest BCUT2D eigenvalue weighted by Crippen LogP contribution is 2.24. The fourth-order valence-electron chi connectivity index (χ4n) is 2.43. The lowest BCUT2D eigenvalue weighted by Gasteiger charge is -2.10. The van der Waals surface area contributed by atoms with Crippen LogP contribution >= 0.6 is 11.3 Å². The molecule has 0 spiro atoms.